The molecule has 0 aliphatic carbocycles. The van der Waals surface area contributed by atoms with E-state index in [1.165, 1.54) is 25.3 Å². The van der Waals surface area contributed by atoms with Crippen molar-refractivity contribution in [3.63, 3.8) is 0 Å². The lowest BCUT2D eigenvalue weighted by atomic mass is 9.86. The summed E-state index contributed by atoms with van der Waals surface area (Å²) in [5.74, 6) is 0. The van der Waals surface area contributed by atoms with Crippen LogP contribution < -0.4 is 5.32 Å². The molecule has 1 aliphatic rings. The number of rotatable bonds is 7. The van der Waals surface area contributed by atoms with E-state index in [-0.39, 0.29) is 21.3 Å². The van der Waals surface area contributed by atoms with Gasteiger partial charge in [-0.15, -0.1) is 0 Å². The first-order valence-electron chi connectivity index (χ1n) is 10.0. The van der Waals surface area contributed by atoms with Crippen molar-refractivity contribution in [3.05, 3.63) is 68.7 Å². The monoisotopic (exact) mass is 528 g/mol. The van der Waals surface area contributed by atoms with Crippen molar-refractivity contribution in [2.24, 2.45) is 5.16 Å². The van der Waals surface area contributed by atoms with Crippen LogP contribution in [-0.2, 0) is 21.6 Å². The smallest absolute Gasteiger partial charge is 0.374 e. The summed E-state index contributed by atoms with van der Waals surface area (Å²) in [5.41, 5.74) is -1.71. The van der Waals surface area contributed by atoms with Gasteiger partial charge in [-0.05, 0) is 47.4 Å². The molecule has 34 heavy (non-hydrogen) atoms. The first-order chi connectivity index (χ1) is 15.8. The van der Waals surface area contributed by atoms with Gasteiger partial charge in [-0.3, -0.25) is 5.32 Å². The molecule has 0 saturated carbocycles. The van der Waals surface area contributed by atoms with Crippen LogP contribution in [0.4, 0.5) is 26.3 Å². The van der Waals surface area contributed by atoms with Crippen LogP contribution in [0.1, 0.15) is 41.8 Å². The molecule has 1 aliphatic heterocycles. The summed E-state index contributed by atoms with van der Waals surface area (Å²) in [6, 6.07) is 8.08. The number of alkyl halides is 6. The molecule has 0 fully saturated rings. The molecule has 2 aromatic rings. The number of hydrogen-bond acceptors (Lipinski definition) is 4. The Bertz CT molecular complexity index is 1050. The number of nitrogens with one attached hydrogen (secondary N) is 1. The normalized spacial score (nSPS) is 19.6. The molecule has 2 unspecified atom stereocenters. The number of benzene rings is 2. The Balaban J connectivity index is 1.93. The van der Waals surface area contributed by atoms with Crippen LogP contribution in [-0.4, -0.2) is 31.7 Å². The topological polar surface area (TPSA) is 42.8 Å². The van der Waals surface area contributed by atoms with Gasteiger partial charge in [-0.25, -0.2) is 0 Å². The molecule has 0 spiro atoms. The second-order valence-electron chi connectivity index (χ2n) is 7.67. The lowest BCUT2D eigenvalue weighted by molar-refractivity contribution is -0.275. The van der Waals surface area contributed by atoms with Crippen LogP contribution in [0.5, 0.6) is 0 Å². The highest BCUT2D eigenvalue weighted by molar-refractivity contribution is 6.34. The molecule has 0 aromatic heterocycles. The number of hydrogen-bond donors (Lipinski definition) is 1. The first kappa shape index (κ1) is 26.6. The molecule has 186 valence electrons. The Hall–Kier alpha value is -2.01. The third-order valence-corrected chi connectivity index (χ3v) is 5.81. The Morgan fingerprint density at radius 2 is 1.74 bits per heavy atom. The summed E-state index contributed by atoms with van der Waals surface area (Å²) in [4.78, 5) is 5.00. The number of methoxy groups -OCH3 is 1. The Morgan fingerprint density at radius 3 is 2.26 bits per heavy atom. The highest BCUT2D eigenvalue weighted by atomic mass is 35.5. The molecule has 12 heteroatoms. The van der Waals surface area contributed by atoms with Crippen LogP contribution in [0.25, 0.3) is 0 Å². The third-order valence-electron chi connectivity index (χ3n) is 5.38. The lowest BCUT2D eigenvalue weighted by Crippen LogP contribution is -2.42. The first-order valence-corrected chi connectivity index (χ1v) is 10.8. The van der Waals surface area contributed by atoms with Crippen molar-refractivity contribution >= 4 is 28.9 Å². The molecule has 1 N–H and O–H groups in total. The van der Waals surface area contributed by atoms with Gasteiger partial charge < -0.3 is 9.57 Å². The highest BCUT2D eigenvalue weighted by Gasteiger charge is 2.62. The Labute approximate surface area is 201 Å². The number of halogens is 8. The van der Waals surface area contributed by atoms with E-state index < -0.39 is 37.1 Å². The van der Waals surface area contributed by atoms with E-state index in [2.05, 4.69) is 10.5 Å². The van der Waals surface area contributed by atoms with Crippen LogP contribution in [0.15, 0.2) is 41.6 Å². The maximum Gasteiger partial charge on any atom is 0.435 e. The molecule has 2 aromatic carbocycles. The summed E-state index contributed by atoms with van der Waals surface area (Å²) >= 11 is 11.8. The van der Waals surface area contributed by atoms with Crippen LogP contribution in [0.2, 0.25) is 10.0 Å². The Morgan fingerprint density at radius 1 is 1.09 bits per heavy atom. The molecule has 4 nitrogen and oxygen atoms in total. The van der Waals surface area contributed by atoms with Gasteiger partial charge in [-0.2, -0.15) is 26.3 Å². The predicted octanol–water partition coefficient (Wildman–Crippen LogP) is 6.93. The lowest BCUT2D eigenvalue weighted by Gasteiger charge is -2.29. The average Bonchev–Trinajstić information content (AvgIpc) is 3.20. The summed E-state index contributed by atoms with van der Waals surface area (Å²) in [5, 5.41) is 6.02. The molecule has 2 atom stereocenters. The van der Waals surface area contributed by atoms with Gasteiger partial charge in [0.2, 0.25) is 0 Å². The van der Waals surface area contributed by atoms with Crippen LogP contribution in [0, 0.1) is 0 Å². The zero-order chi connectivity index (χ0) is 25.3. The van der Waals surface area contributed by atoms with E-state index in [0.29, 0.717) is 23.1 Å². The van der Waals surface area contributed by atoms with Crippen molar-refractivity contribution in [2.45, 2.75) is 43.9 Å². The molecular formula is C22H20Cl2F6N2O2. The molecule has 3 rings (SSSR count). The van der Waals surface area contributed by atoms with Gasteiger partial charge >= 0.3 is 12.4 Å². The molecule has 0 radical (unpaired) electrons. The summed E-state index contributed by atoms with van der Waals surface area (Å²) in [6.07, 6.45) is -10.6. The van der Waals surface area contributed by atoms with E-state index in [0.717, 1.165) is 12.1 Å². The van der Waals surface area contributed by atoms with Crippen molar-refractivity contribution in [2.75, 3.05) is 13.7 Å². The SMILES string of the molecule is CCc1cc(C2=NOC(c3cc(Cl)cc(Cl)c3)(C(F)(F)F)C2)ccc1C(NCC(F)(F)F)OC. The molecular weight excluding hydrogens is 509 g/mol. The van der Waals surface area contributed by atoms with Gasteiger partial charge in [0, 0.05) is 29.1 Å². The maximum absolute atomic E-state index is 14.2. The maximum atomic E-state index is 14.2. The minimum Gasteiger partial charge on any atom is -0.374 e. The zero-order valence-corrected chi connectivity index (χ0v) is 19.5. The van der Waals surface area contributed by atoms with Crippen LogP contribution in [0.3, 0.4) is 0 Å². The fraction of sp³-hybridized carbons (Fsp3) is 0.409. The van der Waals surface area contributed by atoms with Crippen molar-refractivity contribution in [1.82, 2.24) is 5.32 Å². The number of aryl methyl sites for hydroxylation is 1. The molecule has 0 amide bonds. The summed E-state index contributed by atoms with van der Waals surface area (Å²) < 4.78 is 85.6. The number of nitrogens with zero attached hydrogens (tertiary/aromatic N) is 1. The standard InChI is InChI=1S/C22H20Cl2F6N2O2/c1-3-12-6-13(4-5-17(12)19(33-2)31-11-21(25,26)27)18-10-20(34-32-18,22(28,29)30)14-7-15(23)9-16(24)8-14/h4-9,19,31H,3,10-11H2,1-2H3. The van der Waals surface area contributed by atoms with Crippen molar-refractivity contribution < 1.29 is 35.9 Å². The van der Waals surface area contributed by atoms with E-state index >= 15 is 0 Å². The second-order valence-corrected chi connectivity index (χ2v) is 8.54. The number of oxime groups is 1. The van der Waals surface area contributed by atoms with Crippen molar-refractivity contribution in [1.29, 1.82) is 0 Å². The van der Waals surface area contributed by atoms with Gasteiger partial charge in [0.1, 0.15) is 6.23 Å². The van der Waals surface area contributed by atoms with Gasteiger partial charge in [-0.1, -0.05) is 47.4 Å². The zero-order valence-electron chi connectivity index (χ0n) is 18.0. The minimum atomic E-state index is -4.84. The highest BCUT2D eigenvalue weighted by Crippen LogP contribution is 2.49. The molecule has 0 bridgehead atoms. The molecule has 1 heterocycles. The van der Waals surface area contributed by atoms with Gasteiger partial charge in [0.25, 0.3) is 5.60 Å². The second kappa shape index (κ2) is 9.93. The predicted molar refractivity (Wildman–Crippen MR) is 116 cm³/mol. The fourth-order valence-corrected chi connectivity index (χ4v) is 4.25. The average molecular weight is 529 g/mol. The third kappa shape index (κ3) is 5.62. The summed E-state index contributed by atoms with van der Waals surface area (Å²) in [7, 11) is 1.25. The van der Waals surface area contributed by atoms with E-state index in [4.69, 9.17) is 32.8 Å². The van der Waals surface area contributed by atoms with E-state index in [9.17, 15) is 26.3 Å². The summed E-state index contributed by atoms with van der Waals surface area (Å²) in [6.45, 7) is 0.493. The Kier molecular flexibility index (Phi) is 7.76. The quantitative estimate of drug-likeness (QED) is 0.313. The van der Waals surface area contributed by atoms with E-state index in [1.54, 1.807) is 13.0 Å². The van der Waals surface area contributed by atoms with E-state index in [1.807, 2.05) is 0 Å². The van der Waals surface area contributed by atoms with Crippen molar-refractivity contribution in [3.8, 4) is 0 Å². The molecule has 0 saturated heterocycles. The number of ether oxygens (including phenoxy) is 1. The fourth-order valence-electron chi connectivity index (χ4n) is 3.72. The largest absolute Gasteiger partial charge is 0.435 e. The van der Waals surface area contributed by atoms with Crippen LogP contribution >= 0.6 is 23.2 Å². The van der Waals surface area contributed by atoms with Gasteiger partial charge in [0.05, 0.1) is 12.3 Å². The minimum absolute atomic E-state index is 0.0118. The van der Waals surface area contributed by atoms with Gasteiger partial charge in [0.15, 0.2) is 0 Å².